The molecule has 0 unspecified atom stereocenters. The van der Waals surface area contributed by atoms with Gasteiger partial charge in [-0.2, -0.15) is 0 Å². The van der Waals surface area contributed by atoms with Crippen LogP contribution in [0.25, 0.3) is 0 Å². The van der Waals surface area contributed by atoms with Crippen LogP contribution in [0.2, 0.25) is 0 Å². The van der Waals surface area contributed by atoms with Crippen molar-refractivity contribution < 1.29 is 18.8 Å². The normalized spacial score (nSPS) is 30.5. The Morgan fingerprint density at radius 1 is 1.25 bits per heavy atom. The Morgan fingerprint density at radius 3 is 2.92 bits per heavy atom. The summed E-state index contributed by atoms with van der Waals surface area (Å²) >= 11 is 0. The van der Waals surface area contributed by atoms with E-state index in [1.807, 2.05) is 6.07 Å². The van der Waals surface area contributed by atoms with Crippen LogP contribution in [0.3, 0.4) is 0 Å². The van der Waals surface area contributed by atoms with Gasteiger partial charge in [0, 0.05) is 37.7 Å². The van der Waals surface area contributed by atoms with Gasteiger partial charge in [0.05, 0.1) is 25.2 Å². The highest BCUT2D eigenvalue weighted by atomic mass is 19.1. The SMILES string of the molecule is O=C([C@@H]1CN(Cc2ccccc2F)C[C@@H]2OCC[C@@H]21)N1CCCO1. The zero-order valence-corrected chi connectivity index (χ0v) is 13.7. The smallest absolute Gasteiger partial charge is 0.250 e. The quantitative estimate of drug-likeness (QED) is 0.846. The Kier molecular flexibility index (Phi) is 4.52. The number of carbonyl (C=O) groups excluding carboxylic acids is 1. The lowest BCUT2D eigenvalue weighted by Crippen LogP contribution is -2.52. The van der Waals surface area contributed by atoms with E-state index in [9.17, 15) is 9.18 Å². The minimum Gasteiger partial charge on any atom is -0.377 e. The van der Waals surface area contributed by atoms with Crippen molar-refractivity contribution in [2.45, 2.75) is 25.5 Å². The molecule has 3 saturated heterocycles. The lowest BCUT2D eigenvalue weighted by molar-refractivity contribution is -0.179. The molecule has 0 saturated carbocycles. The van der Waals surface area contributed by atoms with E-state index in [1.165, 1.54) is 11.1 Å². The Labute approximate surface area is 141 Å². The zero-order valence-electron chi connectivity index (χ0n) is 13.7. The molecule has 3 atom stereocenters. The standard InChI is InChI=1S/C18H23FN2O3/c19-16-5-2-1-4-13(16)10-20-11-15(14-6-9-23-17(14)12-20)18(22)21-7-3-8-24-21/h1-2,4-5,14-15,17H,3,6-12H2/t14-,15-,17+/m1/s1. The number of fused-ring (bicyclic) bond motifs is 1. The van der Waals surface area contributed by atoms with E-state index in [4.69, 9.17) is 9.57 Å². The molecule has 3 fully saturated rings. The molecular weight excluding hydrogens is 311 g/mol. The number of piperidine rings is 1. The number of nitrogens with zero attached hydrogens (tertiary/aromatic N) is 2. The van der Waals surface area contributed by atoms with Crippen LogP contribution < -0.4 is 0 Å². The van der Waals surface area contributed by atoms with Gasteiger partial charge in [-0.15, -0.1) is 0 Å². The molecule has 0 aliphatic carbocycles. The van der Waals surface area contributed by atoms with Crippen LogP contribution >= 0.6 is 0 Å². The van der Waals surface area contributed by atoms with Crippen molar-refractivity contribution in [3.8, 4) is 0 Å². The fraction of sp³-hybridized carbons (Fsp3) is 0.611. The maximum absolute atomic E-state index is 14.0. The van der Waals surface area contributed by atoms with Crippen LogP contribution in [0.1, 0.15) is 18.4 Å². The highest BCUT2D eigenvalue weighted by molar-refractivity contribution is 5.79. The maximum atomic E-state index is 14.0. The molecule has 3 aliphatic heterocycles. The van der Waals surface area contributed by atoms with Crippen molar-refractivity contribution in [2.75, 3.05) is 32.8 Å². The predicted molar refractivity (Wildman–Crippen MR) is 85.3 cm³/mol. The summed E-state index contributed by atoms with van der Waals surface area (Å²) in [6.07, 6.45) is 1.87. The molecule has 1 amide bonds. The summed E-state index contributed by atoms with van der Waals surface area (Å²) < 4.78 is 19.8. The van der Waals surface area contributed by atoms with E-state index in [-0.39, 0.29) is 29.7 Å². The molecule has 3 aliphatic rings. The Hall–Kier alpha value is -1.50. The second kappa shape index (κ2) is 6.78. The number of rotatable bonds is 3. The zero-order chi connectivity index (χ0) is 16.5. The molecule has 4 rings (SSSR count). The van der Waals surface area contributed by atoms with Gasteiger partial charge >= 0.3 is 0 Å². The number of halogens is 1. The summed E-state index contributed by atoms with van der Waals surface area (Å²) in [5.41, 5.74) is 0.664. The lowest BCUT2D eigenvalue weighted by atomic mass is 9.82. The van der Waals surface area contributed by atoms with Gasteiger partial charge in [-0.05, 0) is 18.9 Å². The fourth-order valence-electron chi connectivity index (χ4n) is 4.12. The van der Waals surface area contributed by atoms with Crippen LogP contribution in [-0.4, -0.2) is 54.8 Å². The van der Waals surface area contributed by atoms with Crippen molar-refractivity contribution >= 4 is 5.91 Å². The lowest BCUT2D eigenvalue weighted by Gasteiger charge is -2.40. The van der Waals surface area contributed by atoms with Gasteiger partial charge in [0.2, 0.25) is 0 Å². The number of benzene rings is 1. The van der Waals surface area contributed by atoms with Crippen molar-refractivity contribution in [2.24, 2.45) is 11.8 Å². The molecule has 0 bridgehead atoms. The van der Waals surface area contributed by atoms with Gasteiger partial charge < -0.3 is 4.74 Å². The second-order valence-electron chi connectivity index (χ2n) is 6.88. The Bertz CT molecular complexity index is 606. The molecule has 5 nitrogen and oxygen atoms in total. The number of hydrogen-bond acceptors (Lipinski definition) is 4. The minimum atomic E-state index is -0.197. The molecular formula is C18H23FN2O3. The third kappa shape index (κ3) is 3.06. The number of likely N-dealkylation sites (tertiary alicyclic amines) is 1. The van der Waals surface area contributed by atoms with E-state index >= 15 is 0 Å². The summed E-state index contributed by atoms with van der Waals surface area (Å²) in [6, 6.07) is 6.83. The molecule has 24 heavy (non-hydrogen) atoms. The van der Waals surface area contributed by atoms with Crippen molar-refractivity contribution in [1.29, 1.82) is 0 Å². The molecule has 1 aromatic rings. The van der Waals surface area contributed by atoms with Crippen molar-refractivity contribution in [3.63, 3.8) is 0 Å². The third-order valence-corrected chi connectivity index (χ3v) is 5.34. The van der Waals surface area contributed by atoms with Gasteiger partial charge in [-0.25, -0.2) is 9.45 Å². The first-order chi connectivity index (χ1) is 11.7. The number of amides is 1. The van der Waals surface area contributed by atoms with Gasteiger partial charge in [0.25, 0.3) is 5.91 Å². The van der Waals surface area contributed by atoms with E-state index in [0.29, 0.717) is 38.4 Å². The monoisotopic (exact) mass is 334 g/mol. The van der Waals surface area contributed by atoms with Crippen LogP contribution in [0.15, 0.2) is 24.3 Å². The molecule has 0 N–H and O–H groups in total. The summed E-state index contributed by atoms with van der Waals surface area (Å²) in [6.45, 7) is 3.88. The molecule has 3 heterocycles. The highest BCUT2D eigenvalue weighted by Crippen LogP contribution is 2.35. The van der Waals surface area contributed by atoms with Gasteiger partial charge in [-0.1, -0.05) is 18.2 Å². The average Bonchev–Trinajstić information content (AvgIpc) is 3.27. The van der Waals surface area contributed by atoms with Crippen LogP contribution in [0, 0.1) is 17.7 Å². The van der Waals surface area contributed by atoms with Crippen LogP contribution in [0.5, 0.6) is 0 Å². The number of hydroxylamine groups is 2. The summed E-state index contributed by atoms with van der Waals surface area (Å²) in [5.74, 6) is -0.0151. The first-order valence-corrected chi connectivity index (χ1v) is 8.74. The van der Waals surface area contributed by atoms with Crippen LogP contribution in [0.4, 0.5) is 4.39 Å². The molecule has 0 aromatic heterocycles. The second-order valence-corrected chi connectivity index (χ2v) is 6.88. The molecule has 0 radical (unpaired) electrons. The van der Waals surface area contributed by atoms with Crippen molar-refractivity contribution in [1.82, 2.24) is 9.96 Å². The Morgan fingerprint density at radius 2 is 2.12 bits per heavy atom. The minimum absolute atomic E-state index is 0.0575. The fourth-order valence-corrected chi connectivity index (χ4v) is 4.12. The van der Waals surface area contributed by atoms with E-state index in [0.717, 1.165) is 19.4 Å². The predicted octanol–water partition coefficient (Wildman–Crippen LogP) is 1.83. The molecule has 130 valence electrons. The number of carbonyl (C=O) groups is 1. The maximum Gasteiger partial charge on any atom is 0.250 e. The highest BCUT2D eigenvalue weighted by Gasteiger charge is 2.45. The third-order valence-electron chi connectivity index (χ3n) is 5.34. The number of hydrogen-bond donors (Lipinski definition) is 0. The van der Waals surface area contributed by atoms with Gasteiger partial charge in [-0.3, -0.25) is 14.5 Å². The molecule has 6 heteroatoms. The summed E-state index contributed by atoms with van der Waals surface area (Å²) in [4.78, 5) is 20.4. The molecule has 0 spiro atoms. The summed E-state index contributed by atoms with van der Waals surface area (Å²) in [7, 11) is 0. The van der Waals surface area contributed by atoms with Gasteiger partial charge in [0.15, 0.2) is 0 Å². The van der Waals surface area contributed by atoms with Gasteiger partial charge in [0.1, 0.15) is 5.82 Å². The first kappa shape index (κ1) is 16.0. The largest absolute Gasteiger partial charge is 0.377 e. The first-order valence-electron chi connectivity index (χ1n) is 8.74. The Balaban J connectivity index is 1.50. The van der Waals surface area contributed by atoms with E-state index in [1.54, 1.807) is 12.1 Å². The van der Waals surface area contributed by atoms with E-state index in [2.05, 4.69) is 4.90 Å². The van der Waals surface area contributed by atoms with Crippen LogP contribution in [-0.2, 0) is 20.9 Å². The molecule has 1 aromatic carbocycles. The van der Waals surface area contributed by atoms with Crippen molar-refractivity contribution in [3.05, 3.63) is 35.6 Å². The van der Waals surface area contributed by atoms with E-state index < -0.39 is 0 Å². The average molecular weight is 334 g/mol. The topological polar surface area (TPSA) is 42.0 Å². The summed E-state index contributed by atoms with van der Waals surface area (Å²) in [5, 5.41) is 1.52. The number of ether oxygens (including phenoxy) is 1.